The average Bonchev–Trinajstić information content (AvgIpc) is 3.40. The van der Waals surface area contributed by atoms with Gasteiger partial charge in [-0.1, -0.05) is 32.0 Å². The second kappa shape index (κ2) is 8.72. The Bertz CT molecular complexity index is 1350. The zero-order valence-electron chi connectivity index (χ0n) is 19.6. The SMILES string of the molecule is CC(C)NCc1nc(C(F)(F)F)cc2c(-c3cccc(C4(Cc5nncn5C)COC4)c3)n[nH]c12. The maximum atomic E-state index is 13.7. The van der Waals surface area contributed by atoms with Gasteiger partial charge in [0.2, 0.25) is 0 Å². The van der Waals surface area contributed by atoms with Gasteiger partial charge in [0, 0.05) is 42.4 Å². The number of aromatic nitrogens is 6. The molecule has 1 saturated heterocycles. The third kappa shape index (κ3) is 4.41. The Morgan fingerprint density at radius 1 is 1.23 bits per heavy atom. The lowest BCUT2D eigenvalue weighted by molar-refractivity contribution is -0.141. The van der Waals surface area contributed by atoms with Crippen LogP contribution >= 0.6 is 0 Å². The number of pyridine rings is 1. The number of alkyl halides is 3. The molecule has 0 saturated carbocycles. The number of fused-ring (bicyclic) bond motifs is 1. The molecule has 1 aliphatic heterocycles. The number of nitrogens with one attached hydrogen (secondary N) is 2. The van der Waals surface area contributed by atoms with Crippen molar-refractivity contribution in [3.63, 3.8) is 0 Å². The first-order valence-corrected chi connectivity index (χ1v) is 11.4. The van der Waals surface area contributed by atoms with Crippen LogP contribution in [0.5, 0.6) is 0 Å². The van der Waals surface area contributed by atoms with Crippen LogP contribution in [0, 0.1) is 0 Å². The summed E-state index contributed by atoms with van der Waals surface area (Å²) in [7, 11) is 1.90. The van der Waals surface area contributed by atoms with E-state index in [1.54, 1.807) is 6.33 Å². The molecule has 0 radical (unpaired) electrons. The molecule has 8 nitrogen and oxygen atoms in total. The molecule has 0 amide bonds. The summed E-state index contributed by atoms with van der Waals surface area (Å²) in [6, 6.07) is 8.91. The van der Waals surface area contributed by atoms with Crippen molar-refractivity contribution in [2.24, 2.45) is 7.05 Å². The molecule has 0 spiro atoms. The van der Waals surface area contributed by atoms with Gasteiger partial charge in [0.15, 0.2) is 0 Å². The summed E-state index contributed by atoms with van der Waals surface area (Å²) in [5.41, 5.74) is 1.75. The number of halogens is 3. The van der Waals surface area contributed by atoms with Crippen molar-refractivity contribution < 1.29 is 17.9 Å². The summed E-state index contributed by atoms with van der Waals surface area (Å²) >= 11 is 0. The van der Waals surface area contributed by atoms with Crippen LogP contribution in [0.3, 0.4) is 0 Å². The average molecular weight is 486 g/mol. The second-order valence-electron chi connectivity index (χ2n) is 9.37. The number of H-pyrrole nitrogens is 1. The molecule has 184 valence electrons. The first-order chi connectivity index (χ1) is 16.7. The fourth-order valence-electron chi connectivity index (χ4n) is 4.36. The fraction of sp³-hybridized carbons (Fsp3) is 0.417. The van der Waals surface area contributed by atoms with E-state index in [0.717, 1.165) is 23.0 Å². The monoisotopic (exact) mass is 485 g/mol. The highest BCUT2D eigenvalue weighted by Gasteiger charge is 2.42. The van der Waals surface area contributed by atoms with Gasteiger partial charge < -0.3 is 14.6 Å². The smallest absolute Gasteiger partial charge is 0.379 e. The molecule has 1 fully saturated rings. The normalized spacial score (nSPS) is 15.6. The van der Waals surface area contributed by atoms with E-state index in [2.05, 4.69) is 30.7 Å². The summed E-state index contributed by atoms with van der Waals surface area (Å²) in [6.45, 7) is 5.10. The summed E-state index contributed by atoms with van der Waals surface area (Å²) in [5.74, 6) is 0.840. The number of ether oxygens (including phenoxy) is 1. The van der Waals surface area contributed by atoms with Gasteiger partial charge in [-0.05, 0) is 17.7 Å². The second-order valence-corrected chi connectivity index (χ2v) is 9.37. The topological polar surface area (TPSA) is 93.5 Å². The van der Waals surface area contributed by atoms with Crippen LogP contribution in [0.1, 0.15) is 36.6 Å². The molecule has 4 aromatic rings. The molecule has 3 aromatic heterocycles. The maximum absolute atomic E-state index is 13.7. The minimum Gasteiger partial charge on any atom is -0.379 e. The Labute approximate surface area is 199 Å². The highest BCUT2D eigenvalue weighted by atomic mass is 19.4. The summed E-state index contributed by atoms with van der Waals surface area (Å²) in [4.78, 5) is 3.89. The molecule has 0 aliphatic carbocycles. The lowest BCUT2D eigenvalue weighted by Crippen LogP contribution is -2.49. The minimum atomic E-state index is -4.57. The Balaban J connectivity index is 1.57. The Kier molecular flexibility index (Phi) is 5.84. The molecule has 0 unspecified atom stereocenters. The number of aromatic amines is 1. The van der Waals surface area contributed by atoms with Crippen molar-refractivity contribution in [3.05, 3.63) is 59.4 Å². The number of rotatable bonds is 7. The zero-order chi connectivity index (χ0) is 24.8. The van der Waals surface area contributed by atoms with Gasteiger partial charge in [0.05, 0.1) is 24.4 Å². The third-order valence-corrected chi connectivity index (χ3v) is 6.40. The van der Waals surface area contributed by atoms with E-state index in [0.29, 0.717) is 36.2 Å². The Hall–Kier alpha value is -3.31. The van der Waals surface area contributed by atoms with E-state index in [-0.39, 0.29) is 23.7 Å². The lowest BCUT2D eigenvalue weighted by Gasteiger charge is -2.41. The predicted octanol–water partition coefficient (Wildman–Crippen LogP) is 3.78. The highest BCUT2D eigenvalue weighted by molar-refractivity contribution is 5.94. The Morgan fingerprint density at radius 3 is 2.66 bits per heavy atom. The highest BCUT2D eigenvalue weighted by Crippen LogP contribution is 2.39. The number of aryl methyl sites for hydroxylation is 1. The molecule has 11 heteroatoms. The molecular weight excluding hydrogens is 459 g/mol. The maximum Gasteiger partial charge on any atom is 0.433 e. The number of benzene rings is 1. The van der Waals surface area contributed by atoms with Gasteiger partial charge in [-0.3, -0.25) is 5.10 Å². The molecule has 0 atom stereocenters. The first-order valence-electron chi connectivity index (χ1n) is 11.4. The van der Waals surface area contributed by atoms with Crippen LogP contribution in [0.25, 0.3) is 22.2 Å². The largest absolute Gasteiger partial charge is 0.433 e. The van der Waals surface area contributed by atoms with E-state index in [1.807, 2.05) is 49.7 Å². The van der Waals surface area contributed by atoms with Crippen LogP contribution in [0.2, 0.25) is 0 Å². The summed E-state index contributed by atoms with van der Waals surface area (Å²) in [5, 5.41) is 19.1. The van der Waals surface area contributed by atoms with Crippen molar-refractivity contribution in [1.29, 1.82) is 0 Å². The Morgan fingerprint density at radius 2 is 2.03 bits per heavy atom. The predicted molar refractivity (Wildman–Crippen MR) is 124 cm³/mol. The van der Waals surface area contributed by atoms with Crippen molar-refractivity contribution >= 4 is 10.9 Å². The van der Waals surface area contributed by atoms with Crippen molar-refractivity contribution in [3.8, 4) is 11.3 Å². The zero-order valence-corrected chi connectivity index (χ0v) is 19.6. The van der Waals surface area contributed by atoms with Crippen molar-refractivity contribution in [2.75, 3.05) is 13.2 Å². The van der Waals surface area contributed by atoms with Gasteiger partial charge in [0.25, 0.3) is 0 Å². The van der Waals surface area contributed by atoms with Gasteiger partial charge >= 0.3 is 6.18 Å². The van der Waals surface area contributed by atoms with E-state index in [1.165, 1.54) is 0 Å². The molecule has 35 heavy (non-hydrogen) atoms. The van der Waals surface area contributed by atoms with E-state index >= 15 is 0 Å². The quantitative estimate of drug-likeness (QED) is 0.414. The molecule has 0 bridgehead atoms. The lowest BCUT2D eigenvalue weighted by atomic mass is 9.75. The molecular formula is C24H26F3N7O. The molecule has 2 N–H and O–H groups in total. The van der Waals surface area contributed by atoms with E-state index in [9.17, 15) is 13.2 Å². The van der Waals surface area contributed by atoms with Gasteiger partial charge in [-0.2, -0.15) is 18.3 Å². The van der Waals surface area contributed by atoms with Gasteiger partial charge in [-0.15, -0.1) is 10.2 Å². The van der Waals surface area contributed by atoms with Crippen LogP contribution in [-0.2, 0) is 36.3 Å². The molecule has 1 aromatic carbocycles. The first kappa shape index (κ1) is 23.4. The van der Waals surface area contributed by atoms with Crippen molar-refractivity contribution in [1.82, 2.24) is 35.3 Å². The van der Waals surface area contributed by atoms with E-state index in [4.69, 9.17) is 4.74 Å². The number of hydrogen-bond donors (Lipinski definition) is 2. The third-order valence-electron chi connectivity index (χ3n) is 6.40. The minimum absolute atomic E-state index is 0.0928. The molecule has 1 aliphatic rings. The molecule has 4 heterocycles. The van der Waals surface area contributed by atoms with Crippen LogP contribution in [0.15, 0.2) is 36.7 Å². The molecule has 5 rings (SSSR count). The van der Waals surface area contributed by atoms with Gasteiger partial charge in [-0.25, -0.2) is 4.98 Å². The van der Waals surface area contributed by atoms with Gasteiger partial charge in [0.1, 0.15) is 23.5 Å². The number of hydrogen-bond acceptors (Lipinski definition) is 6. The van der Waals surface area contributed by atoms with Crippen LogP contribution in [-0.4, -0.2) is 49.2 Å². The van der Waals surface area contributed by atoms with Crippen LogP contribution in [0.4, 0.5) is 13.2 Å². The summed E-state index contributed by atoms with van der Waals surface area (Å²) < 4.78 is 48.5. The summed E-state index contributed by atoms with van der Waals surface area (Å²) in [6.07, 6.45) is -2.27. The van der Waals surface area contributed by atoms with E-state index < -0.39 is 11.9 Å². The van der Waals surface area contributed by atoms with Crippen LogP contribution < -0.4 is 5.32 Å². The number of nitrogens with zero attached hydrogens (tertiary/aromatic N) is 5. The van der Waals surface area contributed by atoms with Crippen molar-refractivity contribution in [2.45, 2.75) is 44.4 Å². The fourth-order valence-corrected chi connectivity index (χ4v) is 4.36. The standard InChI is InChI=1S/C24H26F3N7O/c1-14(2)28-10-18-22-17(8-19(30-18)24(25,26)27)21(32-33-22)15-5-4-6-16(7-15)23(11-35-12-23)9-20-31-29-13-34(20)3/h4-8,13-14,28H,9-12H2,1-3H3,(H,32,33).